The molecular weight excluding hydrogens is 416 g/mol. The van der Waals surface area contributed by atoms with Crippen molar-refractivity contribution in [1.82, 2.24) is 14.5 Å². The summed E-state index contributed by atoms with van der Waals surface area (Å²) >= 11 is 5.83. The van der Waals surface area contributed by atoms with Gasteiger partial charge in [0.25, 0.3) is 5.91 Å². The van der Waals surface area contributed by atoms with Crippen LogP contribution in [0.2, 0.25) is 5.02 Å². The number of benzene rings is 2. The summed E-state index contributed by atoms with van der Waals surface area (Å²) in [4.78, 5) is 20.8. The van der Waals surface area contributed by atoms with E-state index in [9.17, 15) is 4.79 Å². The highest BCUT2D eigenvalue weighted by molar-refractivity contribution is 6.30. The molecule has 0 saturated carbocycles. The van der Waals surface area contributed by atoms with Gasteiger partial charge in [-0.2, -0.15) is 4.98 Å². The van der Waals surface area contributed by atoms with Gasteiger partial charge >= 0.3 is 0 Å². The van der Waals surface area contributed by atoms with E-state index in [1.165, 1.54) is 0 Å². The van der Waals surface area contributed by atoms with Gasteiger partial charge in [-0.15, -0.1) is 0 Å². The van der Waals surface area contributed by atoms with E-state index < -0.39 is 0 Å². The summed E-state index contributed by atoms with van der Waals surface area (Å²) in [7, 11) is 0. The summed E-state index contributed by atoms with van der Waals surface area (Å²) in [5.41, 5.74) is 0.629. The van der Waals surface area contributed by atoms with Crippen molar-refractivity contribution in [3.8, 4) is 23.2 Å². The fourth-order valence-corrected chi connectivity index (χ4v) is 2.93. The van der Waals surface area contributed by atoms with E-state index in [4.69, 9.17) is 21.1 Å². The highest BCUT2D eigenvalue weighted by Crippen LogP contribution is 2.23. The summed E-state index contributed by atoms with van der Waals surface area (Å²) in [6, 6.07) is 19.4. The molecule has 2 heterocycles. The van der Waals surface area contributed by atoms with Crippen molar-refractivity contribution in [3.63, 3.8) is 0 Å². The molecule has 0 radical (unpaired) electrons. The number of carbonyl (C=O) groups is 1. The molecule has 4 aromatic rings. The summed E-state index contributed by atoms with van der Waals surface area (Å²) in [6.45, 7) is 1.70. The van der Waals surface area contributed by atoms with Gasteiger partial charge in [0.15, 0.2) is 6.61 Å². The van der Waals surface area contributed by atoms with Gasteiger partial charge in [0.1, 0.15) is 23.1 Å². The third-order valence-corrected chi connectivity index (χ3v) is 4.47. The molecule has 0 aliphatic heterocycles. The molecule has 8 heteroatoms. The molecule has 0 aliphatic rings. The lowest BCUT2D eigenvalue weighted by atomic mass is 10.3. The SMILES string of the molecule is Cc1nc(Oc2ccc(NC(=O)COc3ccc(Cl)cc3)cc2)cc(-n2cccc2)n1. The molecule has 0 saturated heterocycles. The van der Waals surface area contributed by atoms with Gasteiger partial charge in [-0.25, -0.2) is 4.98 Å². The quantitative estimate of drug-likeness (QED) is 0.441. The third kappa shape index (κ3) is 5.61. The Bertz CT molecular complexity index is 1160. The van der Waals surface area contributed by atoms with E-state index in [-0.39, 0.29) is 12.5 Å². The molecule has 0 fully saturated rings. The zero-order valence-electron chi connectivity index (χ0n) is 16.7. The van der Waals surface area contributed by atoms with Gasteiger partial charge in [0, 0.05) is 29.2 Å². The van der Waals surface area contributed by atoms with Gasteiger partial charge in [0.2, 0.25) is 5.88 Å². The van der Waals surface area contributed by atoms with Crippen LogP contribution in [-0.2, 0) is 4.79 Å². The van der Waals surface area contributed by atoms with Crippen LogP contribution in [0.5, 0.6) is 17.4 Å². The second-order valence-corrected chi connectivity index (χ2v) is 7.06. The minimum Gasteiger partial charge on any atom is -0.484 e. The average molecular weight is 435 g/mol. The molecule has 2 aromatic heterocycles. The van der Waals surface area contributed by atoms with Gasteiger partial charge in [-0.1, -0.05) is 11.6 Å². The van der Waals surface area contributed by atoms with Crippen molar-refractivity contribution in [3.05, 3.63) is 90.0 Å². The molecule has 0 bridgehead atoms. The molecule has 7 nitrogen and oxygen atoms in total. The molecule has 2 aromatic carbocycles. The number of anilines is 1. The monoisotopic (exact) mass is 434 g/mol. The minimum absolute atomic E-state index is 0.109. The van der Waals surface area contributed by atoms with Crippen molar-refractivity contribution < 1.29 is 14.3 Å². The first-order chi connectivity index (χ1) is 15.0. The number of halogens is 1. The maximum absolute atomic E-state index is 12.1. The van der Waals surface area contributed by atoms with E-state index in [1.54, 1.807) is 54.6 Å². The number of carbonyl (C=O) groups excluding carboxylic acids is 1. The van der Waals surface area contributed by atoms with Crippen LogP contribution >= 0.6 is 11.6 Å². The van der Waals surface area contributed by atoms with Crippen molar-refractivity contribution in [2.45, 2.75) is 6.92 Å². The van der Waals surface area contributed by atoms with Crippen LogP contribution in [0.25, 0.3) is 5.82 Å². The minimum atomic E-state index is -0.272. The van der Waals surface area contributed by atoms with E-state index in [2.05, 4.69) is 15.3 Å². The molecule has 0 atom stereocenters. The first-order valence-corrected chi connectivity index (χ1v) is 9.88. The maximum atomic E-state index is 12.1. The Kier molecular flexibility index (Phi) is 6.14. The Labute approximate surface area is 184 Å². The van der Waals surface area contributed by atoms with Crippen molar-refractivity contribution >= 4 is 23.2 Å². The smallest absolute Gasteiger partial charge is 0.262 e. The summed E-state index contributed by atoms with van der Waals surface area (Å²) < 4.78 is 13.2. The average Bonchev–Trinajstić information content (AvgIpc) is 3.29. The first kappa shape index (κ1) is 20.4. The molecular formula is C23H19ClN4O3. The number of amides is 1. The molecule has 1 amide bonds. The summed E-state index contributed by atoms with van der Waals surface area (Å²) in [5.74, 6) is 2.65. The molecule has 156 valence electrons. The standard InChI is InChI=1S/C23H19ClN4O3/c1-16-25-21(28-12-2-3-13-28)14-23(26-16)31-20-10-6-18(7-11-20)27-22(29)15-30-19-8-4-17(24)5-9-19/h2-14H,15H2,1H3,(H,27,29). The van der Waals surface area contributed by atoms with Gasteiger partial charge in [0.05, 0.1) is 0 Å². The van der Waals surface area contributed by atoms with E-state index >= 15 is 0 Å². The zero-order chi connectivity index (χ0) is 21.6. The van der Waals surface area contributed by atoms with Crippen LogP contribution in [0.15, 0.2) is 79.1 Å². The van der Waals surface area contributed by atoms with Crippen molar-refractivity contribution in [1.29, 1.82) is 0 Å². The van der Waals surface area contributed by atoms with Gasteiger partial charge in [-0.05, 0) is 67.6 Å². The van der Waals surface area contributed by atoms with E-state index in [0.717, 1.165) is 5.82 Å². The number of nitrogens with one attached hydrogen (secondary N) is 1. The van der Waals surface area contributed by atoms with Crippen molar-refractivity contribution in [2.24, 2.45) is 0 Å². The third-order valence-electron chi connectivity index (χ3n) is 4.21. The lowest BCUT2D eigenvalue weighted by Crippen LogP contribution is -2.20. The van der Waals surface area contributed by atoms with Crippen LogP contribution in [0.3, 0.4) is 0 Å². The Morgan fingerprint density at radius 3 is 2.39 bits per heavy atom. The highest BCUT2D eigenvalue weighted by atomic mass is 35.5. The largest absolute Gasteiger partial charge is 0.484 e. The predicted molar refractivity (Wildman–Crippen MR) is 118 cm³/mol. The molecule has 0 unspecified atom stereocenters. The topological polar surface area (TPSA) is 78.3 Å². The molecule has 4 rings (SSSR count). The lowest BCUT2D eigenvalue weighted by Gasteiger charge is -2.10. The van der Waals surface area contributed by atoms with Crippen LogP contribution in [0.1, 0.15) is 5.82 Å². The van der Waals surface area contributed by atoms with Crippen LogP contribution < -0.4 is 14.8 Å². The molecule has 0 spiro atoms. The Morgan fingerprint density at radius 1 is 1.00 bits per heavy atom. The number of aryl methyl sites for hydroxylation is 1. The zero-order valence-corrected chi connectivity index (χ0v) is 17.4. The predicted octanol–water partition coefficient (Wildman–Crippen LogP) is 5.04. The highest BCUT2D eigenvalue weighted by Gasteiger charge is 2.07. The number of hydrogen-bond acceptors (Lipinski definition) is 5. The molecule has 31 heavy (non-hydrogen) atoms. The maximum Gasteiger partial charge on any atom is 0.262 e. The Balaban J connectivity index is 1.35. The van der Waals surface area contributed by atoms with Crippen LogP contribution in [-0.4, -0.2) is 27.0 Å². The van der Waals surface area contributed by atoms with Crippen LogP contribution in [0, 0.1) is 6.92 Å². The summed E-state index contributed by atoms with van der Waals surface area (Å²) in [5, 5.41) is 3.39. The van der Waals surface area contributed by atoms with E-state index in [0.29, 0.717) is 33.9 Å². The number of nitrogens with zero attached hydrogens (tertiary/aromatic N) is 3. The lowest BCUT2D eigenvalue weighted by molar-refractivity contribution is -0.118. The van der Waals surface area contributed by atoms with Crippen LogP contribution in [0.4, 0.5) is 5.69 Å². The molecule has 1 N–H and O–H groups in total. The second-order valence-electron chi connectivity index (χ2n) is 6.62. The number of aromatic nitrogens is 3. The second kappa shape index (κ2) is 9.32. The Morgan fingerprint density at radius 2 is 1.68 bits per heavy atom. The molecule has 0 aliphatic carbocycles. The first-order valence-electron chi connectivity index (χ1n) is 9.50. The number of hydrogen-bond donors (Lipinski definition) is 1. The van der Waals surface area contributed by atoms with Gasteiger partial charge < -0.3 is 19.4 Å². The summed E-state index contributed by atoms with van der Waals surface area (Å²) in [6.07, 6.45) is 3.80. The van der Waals surface area contributed by atoms with Crippen molar-refractivity contribution in [2.75, 3.05) is 11.9 Å². The Hall–Kier alpha value is -3.84. The number of rotatable bonds is 7. The van der Waals surface area contributed by atoms with E-state index in [1.807, 2.05) is 36.0 Å². The fourth-order valence-electron chi connectivity index (χ4n) is 2.80. The normalized spacial score (nSPS) is 10.5. The van der Waals surface area contributed by atoms with Gasteiger partial charge in [-0.3, -0.25) is 4.79 Å². The number of ether oxygens (including phenoxy) is 2. The fraction of sp³-hybridized carbons (Fsp3) is 0.0870.